The van der Waals surface area contributed by atoms with Crippen LogP contribution in [0.25, 0.3) is 10.2 Å². The van der Waals surface area contributed by atoms with Crippen molar-refractivity contribution >= 4 is 50.7 Å². The molecule has 25 heavy (non-hydrogen) atoms. The van der Waals surface area contributed by atoms with Gasteiger partial charge in [-0.15, -0.1) is 11.3 Å². The van der Waals surface area contributed by atoms with Crippen molar-refractivity contribution in [2.45, 2.75) is 6.92 Å². The lowest BCUT2D eigenvalue weighted by molar-refractivity contribution is 0.100. The molecule has 0 radical (unpaired) electrons. The molecule has 0 atom stereocenters. The fraction of sp³-hybridized carbons (Fsp3) is 0.118. The number of nitrogens with two attached hydrogens (primary N) is 1. The van der Waals surface area contributed by atoms with E-state index in [2.05, 4.69) is 10.3 Å². The predicted octanol–water partition coefficient (Wildman–Crippen LogP) is 3.62. The molecule has 0 saturated heterocycles. The molecule has 2 amide bonds. The number of aromatic nitrogens is 1. The first-order valence-electron chi connectivity index (χ1n) is 7.25. The Balaban J connectivity index is 2.08. The summed E-state index contributed by atoms with van der Waals surface area (Å²) in [6, 6.07) is 8.00. The first-order chi connectivity index (χ1) is 11.9. The molecule has 3 N–H and O–H groups in total. The summed E-state index contributed by atoms with van der Waals surface area (Å²) in [6.07, 6.45) is 0. The van der Waals surface area contributed by atoms with Gasteiger partial charge < -0.3 is 15.8 Å². The zero-order chi connectivity index (χ0) is 18.1. The highest BCUT2D eigenvalue weighted by atomic mass is 35.5. The number of carbonyl (C=O) groups is 2. The number of hydrogen-bond donors (Lipinski definition) is 2. The normalized spacial score (nSPS) is 10.7. The number of rotatable bonds is 4. The molecule has 0 aliphatic heterocycles. The molecule has 0 spiro atoms. The van der Waals surface area contributed by atoms with Gasteiger partial charge in [-0.25, -0.2) is 4.98 Å². The maximum absolute atomic E-state index is 12.9. The molecular weight excluding hydrogens is 362 g/mol. The average molecular weight is 376 g/mol. The van der Waals surface area contributed by atoms with Crippen LogP contribution in [-0.2, 0) is 0 Å². The van der Waals surface area contributed by atoms with Crippen molar-refractivity contribution in [3.05, 3.63) is 51.5 Å². The molecular formula is C17H14ClN3O3S. The summed E-state index contributed by atoms with van der Waals surface area (Å²) in [7, 11) is 1.49. The van der Waals surface area contributed by atoms with Crippen LogP contribution in [0.15, 0.2) is 30.3 Å². The highest BCUT2D eigenvalue weighted by Crippen LogP contribution is 2.33. The van der Waals surface area contributed by atoms with E-state index in [9.17, 15) is 9.59 Å². The van der Waals surface area contributed by atoms with Crippen LogP contribution in [0.2, 0.25) is 5.02 Å². The molecule has 0 bridgehead atoms. The Labute approximate surface area is 152 Å². The second-order valence-electron chi connectivity index (χ2n) is 5.23. The topological polar surface area (TPSA) is 94.3 Å². The van der Waals surface area contributed by atoms with Crippen LogP contribution in [0.5, 0.6) is 5.75 Å². The number of primary amides is 1. The highest BCUT2D eigenvalue weighted by Gasteiger charge is 2.21. The first kappa shape index (κ1) is 17.2. The first-order valence-corrected chi connectivity index (χ1v) is 8.45. The van der Waals surface area contributed by atoms with Gasteiger partial charge in [0.15, 0.2) is 0 Å². The average Bonchev–Trinajstić information content (AvgIpc) is 2.95. The second kappa shape index (κ2) is 6.70. The Morgan fingerprint density at radius 2 is 2.04 bits per heavy atom. The minimum atomic E-state index is -0.684. The number of nitrogens with zero attached hydrogens (tertiary/aromatic N) is 1. The van der Waals surface area contributed by atoms with Gasteiger partial charge in [0.05, 0.1) is 33.6 Å². The number of fused-ring (bicyclic) bond motifs is 1. The lowest BCUT2D eigenvalue weighted by Crippen LogP contribution is -2.19. The number of aryl methyl sites for hydroxylation is 1. The van der Waals surface area contributed by atoms with E-state index in [1.165, 1.54) is 30.6 Å². The van der Waals surface area contributed by atoms with Crippen molar-refractivity contribution in [2.75, 3.05) is 12.4 Å². The number of benzene rings is 2. The Hall–Kier alpha value is -2.64. The number of thiazole rings is 1. The maximum Gasteiger partial charge on any atom is 0.260 e. The molecule has 2 aromatic carbocycles. The SMILES string of the molecule is COc1ccc2nc(C)sc2c1C(=O)Nc1ccc(Cl)cc1C(N)=O. The van der Waals surface area contributed by atoms with Crippen LogP contribution in [0, 0.1) is 6.92 Å². The summed E-state index contributed by atoms with van der Waals surface area (Å²) < 4.78 is 6.04. The van der Waals surface area contributed by atoms with Gasteiger partial charge in [0.25, 0.3) is 11.8 Å². The Morgan fingerprint density at radius 3 is 2.72 bits per heavy atom. The van der Waals surface area contributed by atoms with Gasteiger partial charge in [-0.05, 0) is 37.3 Å². The second-order valence-corrected chi connectivity index (χ2v) is 6.87. The van der Waals surface area contributed by atoms with Gasteiger partial charge in [0.2, 0.25) is 0 Å². The van der Waals surface area contributed by atoms with Crippen LogP contribution in [-0.4, -0.2) is 23.9 Å². The standard InChI is InChI=1S/C17H14ClN3O3S/c1-8-20-12-5-6-13(24-2)14(15(12)25-8)17(23)21-11-4-3-9(18)7-10(11)16(19)22/h3-7H,1-2H3,(H2,19,22)(H,21,23). The Bertz CT molecular complexity index is 1000. The number of amides is 2. The number of anilines is 1. The maximum atomic E-state index is 12.9. The summed E-state index contributed by atoms with van der Waals surface area (Å²) >= 11 is 7.29. The number of methoxy groups -OCH3 is 1. The highest BCUT2D eigenvalue weighted by molar-refractivity contribution is 7.19. The summed E-state index contributed by atoms with van der Waals surface area (Å²) in [6.45, 7) is 1.86. The summed E-state index contributed by atoms with van der Waals surface area (Å²) in [5.41, 5.74) is 6.84. The van der Waals surface area contributed by atoms with Crippen molar-refractivity contribution in [3.63, 3.8) is 0 Å². The molecule has 0 saturated carbocycles. The molecule has 0 aliphatic rings. The third-order valence-electron chi connectivity index (χ3n) is 3.57. The number of hydrogen-bond acceptors (Lipinski definition) is 5. The number of carbonyl (C=O) groups excluding carboxylic acids is 2. The molecule has 0 unspecified atom stereocenters. The summed E-state index contributed by atoms with van der Waals surface area (Å²) in [5.74, 6) is -0.684. The van der Waals surface area contributed by atoms with E-state index in [0.717, 1.165) is 5.01 Å². The van der Waals surface area contributed by atoms with Crippen molar-refractivity contribution in [3.8, 4) is 5.75 Å². The van der Waals surface area contributed by atoms with Crippen molar-refractivity contribution in [2.24, 2.45) is 5.73 Å². The van der Waals surface area contributed by atoms with Crippen molar-refractivity contribution in [1.82, 2.24) is 4.98 Å². The summed E-state index contributed by atoms with van der Waals surface area (Å²) in [5, 5.41) is 3.90. The largest absolute Gasteiger partial charge is 0.496 e. The third kappa shape index (κ3) is 3.29. The molecule has 8 heteroatoms. The van der Waals surface area contributed by atoms with Crippen LogP contribution >= 0.6 is 22.9 Å². The molecule has 1 heterocycles. The minimum Gasteiger partial charge on any atom is -0.496 e. The van der Waals surface area contributed by atoms with Crippen LogP contribution in [0.1, 0.15) is 25.7 Å². The van der Waals surface area contributed by atoms with E-state index in [4.69, 9.17) is 22.1 Å². The zero-order valence-electron chi connectivity index (χ0n) is 13.4. The fourth-order valence-electron chi connectivity index (χ4n) is 2.48. The minimum absolute atomic E-state index is 0.132. The molecule has 0 aliphatic carbocycles. The molecule has 128 valence electrons. The number of ether oxygens (including phenoxy) is 1. The monoisotopic (exact) mass is 375 g/mol. The molecule has 3 aromatic rings. The van der Waals surface area contributed by atoms with Crippen LogP contribution in [0.3, 0.4) is 0 Å². The van der Waals surface area contributed by atoms with Gasteiger partial charge in [0, 0.05) is 5.02 Å². The third-order valence-corrected chi connectivity index (χ3v) is 4.81. The van der Waals surface area contributed by atoms with E-state index in [-0.39, 0.29) is 11.3 Å². The molecule has 0 fully saturated rings. The quantitative estimate of drug-likeness (QED) is 0.728. The predicted molar refractivity (Wildman–Crippen MR) is 98.8 cm³/mol. The Morgan fingerprint density at radius 1 is 1.28 bits per heavy atom. The lowest BCUT2D eigenvalue weighted by Gasteiger charge is -2.12. The van der Waals surface area contributed by atoms with Crippen LogP contribution < -0.4 is 15.8 Å². The lowest BCUT2D eigenvalue weighted by atomic mass is 10.1. The number of halogens is 1. The van der Waals surface area contributed by atoms with E-state index in [1.54, 1.807) is 18.2 Å². The van der Waals surface area contributed by atoms with Gasteiger partial charge in [0.1, 0.15) is 11.3 Å². The van der Waals surface area contributed by atoms with E-state index >= 15 is 0 Å². The molecule has 6 nitrogen and oxygen atoms in total. The molecule has 3 rings (SSSR count). The molecule has 1 aromatic heterocycles. The summed E-state index contributed by atoms with van der Waals surface area (Å²) in [4.78, 5) is 28.9. The van der Waals surface area contributed by atoms with Crippen molar-refractivity contribution in [1.29, 1.82) is 0 Å². The number of nitrogens with one attached hydrogen (secondary N) is 1. The van der Waals surface area contributed by atoms with Gasteiger partial charge in [-0.1, -0.05) is 11.6 Å². The van der Waals surface area contributed by atoms with Gasteiger partial charge >= 0.3 is 0 Å². The van der Waals surface area contributed by atoms with Crippen molar-refractivity contribution < 1.29 is 14.3 Å². The smallest absolute Gasteiger partial charge is 0.260 e. The zero-order valence-corrected chi connectivity index (χ0v) is 15.0. The Kier molecular flexibility index (Phi) is 4.61. The van der Waals surface area contributed by atoms with Gasteiger partial charge in [-0.3, -0.25) is 9.59 Å². The van der Waals surface area contributed by atoms with E-state index in [1.807, 2.05) is 6.92 Å². The van der Waals surface area contributed by atoms with Crippen LogP contribution in [0.4, 0.5) is 5.69 Å². The van der Waals surface area contributed by atoms with E-state index < -0.39 is 11.8 Å². The van der Waals surface area contributed by atoms with Gasteiger partial charge in [-0.2, -0.15) is 0 Å². The fourth-order valence-corrected chi connectivity index (χ4v) is 3.61. The van der Waals surface area contributed by atoms with E-state index in [0.29, 0.717) is 26.6 Å².